The molecule has 1 fully saturated rings. The molecule has 3 rings (SSSR count). The first-order valence-electron chi connectivity index (χ1n) is 6.30. The van der Waals surface area contributed by atoms with E-state index < -0.39 is 12.0 Å². The van der Waals surface area contributed by atoms with Gasteiger partial charge in [0.05, 0.1) is 10.6 Å². The van der Waals surface area contributed by atoms with Crippen LogP contribution in [0.1, 0.15) is 23.3 Å². The summed E-state index contributed by atoms with van der Waals surface area (Å²) in [4.78, 5) is 25.8. The summed E-state index contributed by atoms with van der Waals surface area (Å²) in [6, 6.07) is 4.79. The topological polar surface area (TPSA) is 86.3 Å². The Morgan fingerprint density at radius 1 is 1.50 bits per heavy atom. The van der Waals surface area contributed by atoms with Crippen LogP contribution in [0.3, 0.4) is 0 Å². The Morgan fingerprint density at radius 2 is 2.35 bits per heavy atom. The Bertz CT molecular complexity index is 635. The monoisotopic (exact) mass is 291 g/mol. The molecular formula is C13H13N3O3S. The number of aliphatic carboxylic acids is 1. The Kier molecular flexibility index (Phi) is 3.27. The third-order valence-electron chi connectivity index (χ3n) is 3.38. The van der Waals surface area contributed by atoms with Crippen molar-refractivity contribution < 1.29 is 14.7 Å². The second-order valence-corrected chi connectivity index (χ2v) is 5.59. The van der Waals surface area contributed by atoms with Crippen LogP contribution in [0, 0.1) is 0 Å². The number of nitrogens with one attached hydrogen (secondary N) is 1. The summed E-state index contributed by atoms with van der Waals surface area (Å²) in [7, 11) is 0. The molecule has 3 heterocycles. The van der Waals surface area contributed by atoms with E-state index in [1.165, 1.54) is 4.90 Å². The van der Waals surface area contributed by atoms with Crippen LogP contribution in [0.15, 0.2) is 23.6 Å². The van der Waals surface area contributed by atoms with Crippen molar-refractivity contribution in [2.75, 3.05) is 6.54 Å². The highest BCUT2D eigenvalue weighted by molar-refractivity contribution is 7.13. The van der Waals surface area contributed by atoms with Crippen molar-refractivity contribution in [2.45, 2.75) is 18.9 Å². The molecule has 0 spiro atoms. The van der Waals surface area contributed by atoms with Crippen LogP contribution < -0.4 is 0 Å². The third kappa shape index (κ3) is 2.20. The van der Waals surface area contributed by atoms with Crippen molar-refractivity contribution in [2.24, 2.45) is 0 Å². The van der Waals surface area contributed by atoms with Crippen LogP contribution in [-0.4, -0.2) is 44.7 Å². The molecule has 2 aromatic rings. The van der Waals surface area contributed by atoms with Crippen LogP contribution in [0.5, 0.6) is 0 Å². The van der Waals surface area contributed by atoms with Crippen molar-refractivity contribution >= 4 is 23.2 Å². The zero-order chi connectivity index (χ0) is 14.1. The second kappa shape index (κ2) is 5.09. The average Bonchev–Trinajstić information content (AvgIpc) is 3.17. The lowest BCUT2D eigenvalue weighted by molar-refractivity contribution is -0.141. The summed E-state index contributed by atoms with van der Waals surface area (Å²) < 4.78 is 0. The van der Waals surface area contributed by atoms with Crippen molar-refractivity contribution in [1.82, 2.24) is 15.1 Å². The molecule has 1 aliphatic rings. The number of aromatic nitrogens is 2. The fourth-order valence-electron chi connectivity index (χ4n) is 2.40. The Hall–Kier alpha value is -2.15. The Labute approximate surface area is 119 Å². The standard InChI is InChI=1S/C13H13N3O3S/c17-12(16-5-1-3-10(16)13(18)19)9-7-8(14-15-9)11-4-2-6-20-11/h2,4,6-7,10H,1,3,5H2,(H,14,15)(H,18,19). The van der Waals surface area contributed by atoms with E-state index in [-0.39, 0.29) is 11.6 Å². The first kappa shape index (κ1) is 12.9. The molecule has 104 valence electrons. The van der Waals surface area contributed by atoms with Gasteiger partial charge in [0.2, 0.25) is 0 Å². The summed E-state index contributed by atoms with van der Waals surface area (Å²) in [6.07, 6.45) is 1.22. The minimum absolute atomic E-state index is 0.265. The highest BCUT2D eigenvalue weighted by atomic mass is 32.1. The second-order valence-electron chi connectivity index (χ2n) is 4.64. The maximum Gasteiger partial charge on any atom is 0.326 e. The summed E-state index contributed by atoms with van der Waals surface area (Å²) >= 11 is 1.55. The minimum Gasteiger partial charge on any atom is -0.480 e. The van der Waals surface area contributed by atoms with E-state index in [9.17, 15) is 9.59 Å². The van der Waals surface area contributed by atoms with Gasteiger partial charge in [0.15, 0.2) is 5.69 Å². The minimum atomic E-state index is -0.954. The number of thiophene rings is 1. The molecule has 1 amide bonds. The normalized spacial score (nSPS) is 18.4. The van der Waals surface area contributed by atoms with E-state index >= 15 is 0 Å². The van der Waals surface area contributed by atoms with Crippen LogP contribution in [0.4, 0.5) is 0 Å². The summed E-state index contributed by atoms with van der Waals surface area (Å²) in [5, 5.41) is 17.9. The summed E-state index contributed by atoms with van der Waals surface area (Å²) in [5.41, 5.74) is 1.04. The lowest BCUT2D eigenvalue weighted by atomic mass is 10.2. The van der Waals surface area contributed by atoms with Gasteiger partial charge in [0, 0.05) is 6.54 Å². The maximum atomic E-state index is 12.3. The van der Waals surface area contributed by atoms with Crippen LogP contribution >= 0.6 is 11.3 Å². The highest BCUT2D eigenvalue weighted by Gasteiger charge is 2.35. The smallest absolute Gasteiger partial charge is 0.326 e. The molecule has 1 atom stereocenters. The van der Waals surface area contributed by atoms with Gasteiger partial charge in [-0.15, -0.1) is 11.3 Å². The number of hydrogen-bond donors (Lipinski definition) is 2. The third-order valence-corrected chi connectivity index (χ3v) is 4.29. The van der Waals surface area contributed by atoms with Gasteiger partial charge in [-0.2, -0.15) is 5.10 Å². The molecule has 0 saturated carbocycles. The van der Waals surface area contributed by atoms with E-state index in [0.29, 0.717) is 19.4 Å². The molecule has 7 heteroatoms. The number of aromatic amines is 1. The predicted molar refractivity (Wildman–Crippen MR) is 73.6 cm³/mol. The van der Waals surface area contributed by atoms with E-state index in [1.54, 1.807) is 17.4 Å². The molecule has 2 N–H and O–H groups in total. The Morgan fingerprint density at radius 3 is 3.05 bits per heavy atom. The molecule has 0 aromatic carbocycles. The molecule has 1 aliphatic heterocycles. The number of likely N-dealkylation sites (tertiary alicyclic amines) is 1. The fraction of sp³-hybridized carbons (Fsp3) is 0.308. The average molecular weight is 291 g/mol. The van der Waals surface area contributed by atoms with Crippen LogP contribution in [-0.2, 0) is 4.79 Å². The van der Waals surface area contributed by atoms with Gasteiger partial charge >= 0.3 is 5.97 Å². The number of carbonyl (C=O) groups excluding carboxylic acids is 1. The van der Waals surface area contributed by atoms with Crippen LogP contribution in [0.2, 0.25) is 0 Å². The van der Waals surface area contributed by atoms with Gasteiger partial charge < -0.3 is 10.0 Å². The summed E-state index contributed by atoms with van der Waals surface area (Å²) in [6.45, 7) is 0.469. The predicted octanol–water partition coefficient (Wildman–Crippen LogP) is 1.83. The number of carboxylic acids is 1. The fourth-order valence-corrected chi connectivity index (χ4v) is 3.10. The SMILES string of the molecule is O=C(O)C1CCCN1C(=O)c1cc(-c2cccs2)[nH]n1. The van der Waals surface area contributed by atoms with Gasteiger partial charge in [-0.1, -0.05) is 6.07 Å². The first-order chi connectivity index (χ1) is 9.66. The van der Waals surface area contributed by atoms with Crippen LogP contribution in [0.25, 0.3) is 10.6 Å². The molecule has 0 bridgehead atoms. The molecule has 0 aliphatic carbocycles. The highest BCUT2D eigenvalue weighted by Crippen LogP contribution is 2.25. The van der Waals surface area contributed by atoms with E-state index in [0.717, 1.165) is 10.6 Å². The number of amides is 1. The van der Waals surface area contributed by atoms with E-state index in [1.807, 2.05) is 17.5 Å². The molecule has 2 aromatic heterocycles. The van der Waals surface area contributed by atoms with Crippen molar-refractivity contribution in [3.8, 4) is 10.6 Å². The molecular weight excluding hydrogens is 278 g/mol. The number of rotatable bonds is 3. The first-order valence-corrected chi connectivity index (χ1v) is 7.18. The lowest BCUT2D eigenvalue weighted by Gasteiger charge is -2.19. The maximum absolute atomic E-state index is 12.3. The van der Waals surface area contributed by atoms with Crippen molar-refractivity contribution in [1.29, 1.82) is 0 Å². The zero-order valence-corrected chi connectivity index (χ0v) is 11.4. The van der Waals surface area contributed by atoms with Crippen molar-refractivity contribution in [3.63, 3.8) is 0 Å². The molecule has 1 unspecified atom stereocenters. The number of hydrogen-bond acceptors (Lipinski definition) is 4. The van der Waals surface area contributed by atoms with E-state index in [4.69, 9.17) is 5.11 Å². The molecule has 6 nitrogen and oxygen atoms in total. The molecule has 20 heavy (non-hydrogen) atoms. The number of carbonyl (C=O) groups is 2. The number of carboxylic acid groups (broad SMARTS) is 1. The zero-order valence-electron chi connectivity index (χ0n) is 10.6. The number of nitrogens with zero attached hydrogens (tertiary/aromatic N) is 2. The van der Waals surface area contributed by atoms with Gasteiger partial charge in [0.1, 0.15) is 6.04 Å². The van der Waals surface area contributed by atoms with Crippen molar-refractivity contribution in [3.05, 3.63) is 29.3 Å². The van der Waals surface area contributed by atoms with Gasteiger partial charge in [-0.3, -0.25) is 9.89 Å². The lowest BCUT2D eigenvalue weighted by Crippen LogP contribution is -2.40. The Balaban J connectivity index is 1.83. The van der Waals surface area contributed by atoms with Gasteiger partial charge in [0.25, 0.3) is 5.91 Å². The van der Waals surface area contributed by atoms with Gasteiger partial charge in [-0.05, 0) is 30.4 Å². The molecule has 0 radical (unpaired) electrons. The quantitative estimate of drug-likeness (QED) is 0.903. The summed E-state index contributed by atoms with van der Waals surface area (Å²) in [5.74, 6) is -1.28. The van der Waals surface area contributed by atoms with Gasteiger partial charge in [-0.25, -0.2) is 4.79 Å². The largest absolute Gasteiger partial charge is 0.480 e. The molecule has 1 saturated heterocycles. The number of H-pyrrole nitrogens is 1. The van der Waals surface area contributed by atoms with E-state index in [2.05, 4.69) is 10.2 Å².